The molecule has 0 unspecified atom stereocenters. The van der Waals surface area contributed by atoms with Gasteiger partial charge in [-0.2, -0.15) is 0 Å². The lowest BCUT2D eigenvalue weighted by Crippen LogP contribution is -2.51. The Bertz CT molecular complexity index is 612. The highest BCUT2D eigenvalue weighted by atomic mass is 35.5. The van der Waals surface area contributed by atoms with Crippen molar-refractivity contribution < 1.29 is 9.53 Å². The molecule has 0 aromatic heterocycles. The fourth-order valence-corrected chi connectivity index (χ4v) is 4.88. The van der Waals surface area contributed by atoms with E-state index >= 15 is 0 Å². The minimum atomic E-state index is -0.351. The first-order chi connectivity index (χ1) is 13.0. The van der Waals surface area contributed by atoms with Gasteiger partial charge in [-0.25, -0.2) is 0 Å². The second-order valence-corrected chi connectivity index (χ2v) is 8.93. The molecule has 1 saturated heterocycles. The Kier molecular flexibility index (Phi) is 8.35. The summed E-state index contributed by atoms with van der Waals surface area (Å²) in [6.45, 7) is 7.85. The van der Waals surface area contributed by atoms with E-state index in [2.05, 4.69) is 48.7 Å². The first-order valence-electron chi connectivity index (χ1n) is 10.6. The second-order valence-electron chi connectivity index (χ2n) is 8.93. The number of amides is 1. The Morgan fingerprint density at radius 2 is 1.71 bits per heavy atom. The summed E-state index contributed by atoms with van der Waals surface area (Å²) in [6, 6.07) is 8.78. The van der Waals surface area contributed by atoms with E-state index in [1.54, 1.807) is 7.11 Å². The van der Waals surface area contributed by atoms with Crippen LogP contribution in [0.1, 0.15) is 69.4 Å². The van der Waals surface area contributed by atoms with Gasteiger partial charge in [-0.15, -0.1) is 12.4 Å². The molecule has 1 aliphatic heterocycles. The number of benzene rings is 1. The molecule has 3 rings (SSSR count). The Labute approximate surface area is 176 Å². The number of hydrogen-bond donors (Lipinski definition) is 2. The first-order valence-corrected chi connectivity index (χ1v) is 10.6. The minimum Gasteiger partial charge on any atom is -0.384 e. The van der Waals surface area contributed by atoms with Gasteiger partial charge in [0.1, 0.15) is 0 Å². The molecule has 28 heavy (non-hydrogen) atoms. The van der Waals surface area contributed by atoms with Crippen LogP contribution in [0.25, 0.3) is 0 Å². The van der Waals surface area contributed by atoms with Crippen LogP contribution in [0.5, 0.6) is 0 Å². The molecule has 158 valence electrons. The lowest BCUT2D eigenvalue weighted by molar-refractivity contribution is -0.127. The zero-order chi connectivity index (χ0) is 19.3. The van der Waals surface area contributed by atoms with Crippen LogP contribution in [0.15, 0.2) is 24.3 Å². The fourth-order valence-electron chi connectivity index (χ4n) is 4.88. The van der Waals surface area contributed by atoms with Gasteiger partial charge >= 0.3 is 0 Å². The number of hydrogen-bond acceptors (Lipinski definition) is 3. The molecular weight excluding hydrogens is 372 g/mol. The molecule has 2 aliphatic rings. The van der Waals surface area contributed by atoms with Gasteiger partial charge in [0.2, 0.25) is 5.91 Å². The smallest absolute Gasteiger partial charge is 0.230 e. The molecule has 5 heteroatoms. The third kappa shape index (κ3) is 4.90. The summed E-state index contributed by atoms with van der Waals surface area (Å²) in [4.78, 5) is 13.4. The predicted octanol–water partition coefficient (Wildman–Crippen LogP) is 4.18. The summed E-state index contributed by atoms with van der Waals surface area (Å²) in [5, 5.41) is 6.77. The van der Waals surface area contributed by atoms with Crippen LogP contribution >= 0.6 is 12.4 Å². The number of piperidine rings is 1. The van der Waals surface area contributed by atoms with Crippen molar-refractivity contribution in [2.45, 2.75) is 63.7 Å². The predicted molar refractivity (Wildman–Crippen MR) is 117 cm³/mol. The van der Waals surface area contributed by atoms with Gasteiger partial charge in [-0.3, -0.25) is 4.79 Å². The van der Waals surface area contributed by atoms with Crippen LogP contribution in [-0.4, -0.2) is 39.3 Å². The van der Waals surface area contributed by atoms with E-state index in [9.17, 15) is 4.79 Å². The lowest BCUT2D eigenvalue weighted by atomic mass is 9.76. The largest absolute Gasteiger partial charge is 0.384 e. The van der Waals surface area contributed by atoms with Gasteiger partial charge in [0.05, 0.1) is 12.0 Å². The van der Waals surface area contributed by atoms with Gasteiger partial charge < -0.3 is 15.4 Å². The molecule has 1 aromatic carbocycles. The number of carbonyl (C=O) groups excluding carboxylic acids is 1. The van der Waals surface area contributed by atoms with Gasteiger partial charge in [0.15, 0.2) is 0 Å². The van der Waals surface area contributed by atoms with Crippen molar-refractivity contribution in [3.63, 3.8) is 0 Å². The van der Waals surface area contributed by atoms with Crippen LogP contribution in [0.2, 0.25) is 0 Å². The topological polar surface area (TPSA) is 50.4 Å². The fraction of sp³-hybridized carbons (Fsp3) is 0.696. The van der Waals surface area contributed by atoms with Crippen molar-refractivity contribution in [3.05, 3.63) is 35.4 Å². The van der Waals surface area contributed by atoms with E-state index in [4.69, 9.17) is 4.74 Å². The molecule has 0 atom stereocenters. The van der Waals surface area contributed by atoms with Crippen molar-refractivity contribution in [2.75, 3.05) is 33.4 Å². The van der Waals surface area contributed by atoms with Crippen LogP contribution in [-0.2, 0) is 14.9 Å². The zero-order valence-electron chi connectivity index (χ0n) is 17.7. The highest BCUT2D eigenvalue weighted by Gasteiger charge is 2.43. The highest BCUT2D eigenvalue weighted by Crippen LogP contribution is 2.42. The molecule has 1 aromatic rings. The number of methoxy groups -OCH3 is 1. The highest BCUT2D eigenvalue weighted by molar-refractivity contribution is 5.88. The van der Waals surface area contributed by atoms with Crippen LogP contribution in [0.3, 0.4) is 0 Å². The summed E-state index contributed by atoms with van der Waals surface area (Å²) in [5.41, 5.74) is 2.24. The van der Waals surface area contributed by atoms with E-state index in [0.29, 0.717) is 19.1 Å². The van der Waals surface area contributed by atoms with Crippen LogP contribution < -0.4 is 10.6 Å². The van der Waals surface area contributed by atoms with Crippen molar-refractivity contribution in [1.29, 1.82) is 0 Å². The Balaban J connectivity index is 0.00000280. The molecule has 0 spiro atoms. The normalized spacial score (nSPS) is 20.6. The average molecular weight is 409 g/mol. The first kappa shape index (κ1) is 23.2. The third-order valence-electron chi connectivity index (χ3n) is 6.76. The number of nitrogens with one attached hydrogen (secondary N) is 2. The standard InChI is InChI=1S/C23H36N2O2.ClH/c1-18(2)19-6-8-20(9-7-19)23(10-4-5-11-23)21(26)25-16-22(17-27-3)12-14-24-15-13-22;/h6-9,18,24H,4-5,10-17H2,1-3H3,(H,25,26);1H. The van der Waals surface area contributed by atoms with E-state index in [1.807, 2.05) is 0 Å². The summed E-state index contributed by atoms with van der Waals surface area (Å²) < 4.78 is 5.51. The molecule has 1 aliphatic carbocycles. The van der Waals surface area contributed by atoms with Gasteiger partial charge in [-0.05, 0) is 55.8 Å². The van der Waals surface area contributed by atoms with Crippen molar-refractivity contribution in [3.8, 4) is 0 Å². The Hall–Kier alpha value is -1.10. The van der Waals surface area contributed by atoms with E-state index in [-0.39, 0.29) is 29.1 Å². The van der Waals surface area contributed by atoms with E-state index in [1.165, 1.54) is 11.1 Å². The van der Waals surface area contributed by atoms with Gasteiger partial charge in [0, 0.05) is 19.1 Å². The number of carbonyl (C=O) groups is 1. The summed E-state index contributed by atoms with van der Waals surface area (Å²) in [6.07, 6.45) is 6.28. The van der Waals surface area contributed by atoms with Gasteiger partial charge in [-0.1, -0.05) is 51.0 Å². The third-order valence-corrected chi connectivity index (χ3v) is 6.76. The quantitative estimate of drug-likeness (QED) is 0.711. The van der Waals surface area contributed by atoms with Crippen LogP contribution in [0, 0.1) is 5.41 Å². The van der Waals surface area contributed by atoms with Gasteiger partial charge in [0.25, 0.3) is 0 Å². The van der Waals surface area contributed by atoms with E-state index in [0.717, 1.165) is 51.6 Å². The maximum Gasteiger partial charge on any atom is 0.230 e. The maximum atomic E-state index is 13.4. The second kappa shape index (κ2) is 10.1. The lowest BCUT2D eigenvalue weighted by Gasteiger charge is -2.38. The number of rotatable bonds is 7. The van der Waals surface area contributed by atoms with Crippen molar-refractivity contribution in [2.24, 2.45) is 5.41 Å². The van der Waals surface area contributed by atoms with Crippen molar-refractivity contribution >= 4 is 18.3 Å². The monoisotopic (exact) mass is 408 g/mol. The van der Waals surface area contributed by atoms with Crippen LogP contribution in [0.4, 0.5) is 0 Å². The Morgan fingerprint density at radius 1 is 1.11 bits per heavy atom. The molecule has 4 nitrogen and oxygen atoms in total. The molecule has 0 bridgehead atoms. The molecule has 0 radical (unpaired) electrons. The summed E-state index contributed by atoms with van der Waals surface area (Å²) in [5.74, 6) is 0.729. The average Bonchev–Trinajstić information content (AvgIpc) is 3.18. The summed E-state index contributed by atoms with van der Waals surface area (Å²) in [7, 11) is 1.76. The van der Waals surface area contributed by atoms with Crippen molar-refractivity contribution in [1.82, 2.24) is 10.6 Å². The number of ether oxygens (including phenoxy) is 1. The molecule has 1 heterocycles. The summed E-state index contributed by atoms with van der Waals surface area (Å²) >= 11 is 0. The molecule has 2 fully saturated rings. The number of halogens is 1. The molecule has 1 saturated carbocycles. The molecule has 2 N–H and O–H groups in total. The SMILES string of the molecule is COCC1(CNC(=O)C2(c3ccc(C(C)C)cc3)CCCC2)CCNCC1.Cl. The molecular formula is C23H37ClN2O2. The Morgan fingerprint density at radius 3 is 2.25 bits per heavy atom. The minimum absolute atomic E-state index is 0. The zero-order valence-corrected chi connectivity index (χ0v) is 18.5. The van der Waals surface area contributed by atoms with E-state index < -0.39 is 0 Å². The maximum absolute atomic E-state index is 13.4. The molecule has 1 amide bonds.